The van der Waals surface area contributed by atoms with Crippen molar-refractivity contribution in [2.75, 3.05) is 0 Å². The molecule has 0 aromatic heterocycles. The van der Waals surface area contributed by atoms with Gasteiger partial charge in [-0.1, -0.05) is 0 Å². The Bertz CT molecular complexity index is 314. The van der Waals surface area contributed by atoms with Crippen LogP contribution in [-0.4, -0.2) is 4.92 Å². The quantitative estimate of drug-likeness (QED) is 0.475. The summed E-state index contributed by atoms with van der Waals surface area (Å²) in [4.78, 5) is 9.97. The molecular weight excluding hydrogens is 273 g/mol. The first-order valence-corrected chi connectivity index (χ1v) is 4.07. The summed E-state index contributed by atoms with van der Waals surface area (Å²) in [5.74, 6) is 0.624. The molecule has 0 heterocycles. The Hall–Kier alpha value is -0.850. The lowest BCUT2D eigenvalue weighted by Gasteiger charge is -1.98. The predicted octanol–water partition coefficient (Wildman–Crippen LogP) is 2.63. The summed E-state index contributed by atoms with van der Waals surface area (Å²) in [5, 5.41) is 10.4. The van der Waals surface area contributed by atoms with Crippen LogP contribution in [0.1, 0.15) is 5.56 Å². The van der Waals surface area contributed by atoms with Crippen molar-refractivity contribution in [3.05, 3.63) is 33.9 Å². The van der Waals surface area contributed by atoms with Gasteiger partial charge in [0, 0.05) is 11.6 Å². The lowest BCUT2D eigenvalue weighted by Crippen LogP contribution is -1.90. The van der Waals surface area contributed by atoms with Crippen molar-refractivity contribution in [3.8, 4) is 5.75 Å². The molecule has 0 aliphatic rings. The molecule has 0 spiro atoms. The van der Waals surface area contributed by atoms with Crippen LogP contribution in [0.3, 0.4) is 0 Å². The summed E-state index contributed by atoms with van der Waals surface area (Å²) in [6.07, 6.45) is 0. The number of rotatable bonds is 2. The van der Waals surface area contributed by atoms with E-state index in [1.807, 2.05) is 0 Å². The molecule has 0 aliphatic carbocycles. The molecule has 0 amide bonds. The maximum absolute atomic E-state index is 10.4. The van der Waals surface area contributed by atoms with Gasteiger partial charge in [0.05, 0.1) is 4.92 Å². The van der Waals surface area contributed by atoms with Crippen molar-refractivity contribution in [1.82, 2.24) is 0 Å². The Kier molecular flexibility index (Phi) is 2.85. The van der Waals surface area contributed by atoms with Gasteiger partial charge in [0.1, 0.15) is 5.75 Å². The first-order valence-electron chi connectivity index (χ1n) is 3.19. The number of hydrogen-bond acceptors (Lipinski definition) is 3. The molecule has 0 radical (unpaired) electrons. The molecule has 0 saturated heterocycles. The van der Waals surface area contributed by atoms with Crippen LogP contribution in [0.25, 0.3) is 0 Å². The molecule has 1 aromatic rings. The van der Waals surface area contributed by atoms with Crippen LogP contribution in [0.15, 0.2) is 18.2 Å². The molecule has 0 atom stereocenters. The van der Waals surface area contributed by atoms with Crippen LogP contribution >= 0.6 is 23.0 Å². The van der Waals surface area contributed by atoms with Gasteiger partial charge < -0.3 is 3.07 Å². The van der Waals surface area contributed by atoms with Gasteiger partial charge in [-0.05, 0) is 19.1 Å². The van der Waals surface area contributed by atoms with Crippen LogP contribution in [0.4, 0.5) is 5.69 Å². The van der Waals surface area contributed by atoms with E-state index in [1.165, 1.54) is 6.07 Å². The highest BCUT2D eigenvalue weighted by Crippen LogP contribution is 2.23. The second-order valence-corrected chi connectivity index (χ2v) is 2.72. The van der Waals surface area contributed by atoms with Crippen molar-refractivity contribution in [1.29, 1.82) is 0 Å². The summed E-state index contributed by atoms with van der Waals surface area (Å²) in [6.45, 7) is 1.68. The van der Waals surface area contributed by atoms with Crippen LogP contribution in [0.2, 0.25) is 0 Å². The fraction of sp³-hybridized carbons (Fsp3) is 0.143. The van der Waals surface area contributed by atoms with E-state index in [0.717, 1.165) is 0 Å². The Labute approximate surface area is 83.4 Å². The van der Waals surface area contributed by atoms with Gasteiger partial charge >= 0.3 is 0 Å². The third-order valence-electron chi connectivity index (χ3n) is 1.45. The molecule has 0 fully saturated rings. The van der Waals surface area contributed by atoms with E-state index < -0.39 is 4.92 Å². The van der Waals surface area contributed by atoms with Crippen molar-refractivity contribution in [3.63, 3.8) is 0 Å². The minimum atomic E-state index is -0.410. The summed E-state index contributed by atoms with van der Waals surface area (Å²) < 4.78 is 4.88. The molecule has 0 unspecified atom stereocenters. The van der Waals surface area contributed by atoms with Gasteiger partial charge in [0.15, 0.2) is 23.0 Å². The van der Waals surface area contributed by atoms with E-state index in [1.54, 1.807) is 42.1 Å². The number of nitro benzene ring substituents is 1. The van der Waals surface area contributed by atoms with Crippen LogP contribution in [0.5, 0.6) is 5.75 Å². The first-order chi connectivity index (χ1) is 5.65. The molecule has 0 saturated carbocycles. The zero-order chi connectivity index (χ0) is 9.14. The Morgan fingerprint density at radius 1 is 1.58 bits per heavy atom. The molecule has 12 heavy (non-hydrogen) atoms. The molecule has 0 bridgehead atoms. The van der Waals surface area contributed by atoms with E-state index in [0.29, 0.717) is 11.3 Å². The average molecular weight is 279 g/mol. The zero-order valence-electron chi connectivity index (χ0n) is 6.28. The monoisotopic (exact) mass is 279 g/mol. The Balaban J connectivity index is 3.12. The van der Waals surface area contributed by atoms with Gasteiger partial charge in [0.2, 0.25) is 0 Å². The predicted molar refractivity (Wildman–Crippen MR) is 52.5 cm³/mol. The van der Waals surface area contributed by atoms with Crippen LogP contribution in [0, 0.1) is 17.0 Å². The molecule has 0 aliphatic heterocycles. The lowest BCUT2D eigenvalue weighted by atomic mass is 10.2. The minimum Gasteiger partial charge on any atom is -0.428 e. The Morgan fingerprint density at radius 3 is 2.67 bits per heavy atom. The summed E-state index contributed by atoms with van der Waals surface area (Å²) in [7, 11) is 0. The van der Waals surface area contributed by atoms with E-state index >= 15 is 0 Å². The van der Waals surface area contributed by atoms with Crippen LogP contribution < -0.4 is 3.07 Å². The lowest BCUT2D eigenvalue weighted by molar-refractivity contribution is -0.385. The zero-order valence-corrected chi connectivity index (χ0v) is 8.44. The molecule has 64 valence electrons. The van der Waals surface area contributed by atoms with Gasteiger partial charge in [-0.2, -0.15) is 0 Å². The number of aryl methyl sites for hydroxylation is 1. The van der Waals surface area contributed by atoms with Crippen molar-refractivity contribution >= 4 is 28.7 Å². The highest BCUT2D eigenvalue weighted by atomic mass is 127. The highest BCUT2D eigenvalue weighted by molar-refractivity contribution is 14.1. The smallest absolute Gasteiger partial charge is 0.272 e. The largest absolute Gasteiger partial charge is 0.428 e. The fourth-order valence-corrected chi connectivity index (χ4v) is 1.15. The summed E-state index contributed by atoms with van der Waals surface area (Å²) in [5.41, 5.74) is 0.723. The first kappa shape index (κ1) is 9.24. The Morgan fingerprint density at radius 2 is 2.25 bits per heavy atom. The third kappa shape index (κ3) is 1.84. The number of hydrogen-bond donors (Lipinski definition) is 0. The second-order valence-electron chi connectivity index (χ2n) is 2.28. The van der Waals surface area contributed by atoms with E-state index in [4.69, 9.17) is 3.07 Å². The summed E-state index contributed by atoms with van der Waals surface area (Å²) in [6, 6.07) is 4.63. The topological polar surface area (TPSA) is 52.4 Å². The van der Waals surface area contributed by atoms with E-state index in [-0.39, 0.29) is 5.69 Å². The summed E-state index contributed by atoms with van der Waals surface area (Å²) >= 11 is 1.73. The third-order valence-corrected chi connectivity index (χ3v) is 1.96. The molecule has 1 rings (SSSR count). The fourth-order valence-electron chi connectivity index (χ4n) is 0.881. The van der Waals surface area contributed by atoms with E-state index in [9.17, 15) is 10.1 Å². The normalized spacial score (nSPS) is 9.50. The molecule has 5 heteroatoms. The SMILES string of the molecule is Cc1cc(OI)ccc1[N+](=O)[O-]. The molecule has 4 nitrogen and oxygen atoms in total. The van der Waals surface area contributed by atoms with Crippen molar-refractivity contribution in [2.45, 2.75) is 6.92 Å². The maximum atomic E-state index is 10.4. The number of nitro groups is 1. The molecular formula is C7H6INO3. The number of benzene rings is 1. The number of nitrogens with zero attached hydrogens (tertiary/aromatic N) is 1. The van der Waals surface area contributed by atoms with Crippen molar-refractivity contribution in [2.24, 2.45) is 0 Å². The van der Waals surface area contributed by atoms with Crippen molar-refractivity contribution < 1.29 is 7.99 Å². The maximum Gasteiger partial charge on any atom is 0.272 e. The van der Waals surface area contributed by atoms with Gasteiger partial charge in [-0.3, -0.25) is 10.1 Å². The average Bonchev–Trinajstić information content (AvgIpc) is 2.03. The van der Waals surface area contributed by atoms with Gasteiger partial charge in [0.25, 0.3) is 5.69 Å². The highest BCUT2D eigenvalue weighted by Gasteiger charge is 2.09. The molecule has 1 aromatic carbocycles. The minimum absolute atomic E-state index is 0.118. The van der Waals surface area contributed by atoms with Gasteiger partial charge in [-0.15, -0.1) is 0 Å². The van der Waals surface area contributed by atoms with Crippen LogP contribution in [-0.2, 0) is 0 Å². The van der Waals surface area contributed by atoms with E-state index in [2.05, 4.69) is 0 Å². The second kappa shape index (κ2) is 3.70. The standard InChI is InChI=1S/C7H6INO3/c1-5-4-6(12-8)2-3-7(5)9(10)11/h2-4H,1H3. The number of halogens is 1. The molecule has 0 N–H and O–H groups in total. The van der Waals surface area contributed by atoms with Gasteiger partial charge in [-0.25, -0.2) is 0 Å².